The molecule has 1 spiro atoms. The summed E-state index contributed by atoms with van der Waals surface area (Å²) in [5, 5.41) is 4.24. The second-order valence-corrected chi connectivity index (χ2v) is 6.81. The topological polar surface area (TPSA) is 82.1 Å². The van der Waals surface area contributed by atoms with Gasteiger partial charge in [-0.1, -0.05) is 24.3 Å². The molecule has 1 saturated heterocycles. The van der Waals surface area contributed by atoms with E-state index in [1.807, 2.05) is 12.3 Å². The van der Waals surface area contributed by atoms with Gasteiger partial charge in [-0.2, -0.15) is 5.10 Å². The van der Waals surface area contributed by atoms with E-state index in [1.54, 1.807) is 17.2 Å². The molecule has 1 fully saturated rings. The first-order valence-corrected chi connectivity index (χ1v) is 8.85. The molecule has 7 heteroatoms. The van der Waals surface area contributed by atoms with Crippen LogP contribution in [0.15, 0.2) is 49.1 Å². The Morgan fingerprint density at radius 2 is 2.00 bits per heavy atom. The maximum absolute atomic E-state index is 6.42. The van der Waals surface area contributed by atoms with Gasteiger partial charge in [-0.3, -0.25) is 0 Å². The fourth-order valence-electron chi connectivity index (χ4n) is 4.14. The quantitative estimate of drug-likeness (QED) is 0.762. The Kier molecular flexibility index (Phi) is 3.43. The summed E-state index contributed by atoms with van der Waals surface area (Å²) in [6.45, 7) is 2.14. The molecule has 2 aromatic heterocycles. The molecule has 1 aromatic carbocycles. The third kappa shape index (κ3) is 2.28. The van der Waals surface area contributed by atoms with Gasteiger partial charge < -0.3 is 15.4 Å². The third-order valence-electron chi connectivity index (χ3n) is 5.36. The Labute approximate surface area is 151 Å². The number of morpholine rings is 1. The smallest absolute Gasteiger partial charge is 0.181 e. The highest BCUT2D eigenvalue weighted by Crippen LogP contribution is 2.43. The second-order valence-electron chi connectivity index (χ2n) is 6.81. The van der Waals surface area contributed by atoms with E-state index < -0.39 is 0 Å². The summed E-state index contributed by atoms with van der Waals surface area (Å²) in [7, 11) is 0. The summed E-state index contributed by atoms with van der Waals surface area (Å²) in [4.78, 5) is 11.0. The maximum Gasteiger partial charge on any atom is 0.181 e. The lowest BCUT2D eigenvalue weighted by Gasteiger charge is -2.42. The Bertz CT molecular complexity index is 937. The summed E-state index contributed by atoms with van der Waals surface area (Å²) in [5.41, 5.74) is 9.35. The van der Waals surface area contributed by atoms with E-state index in [9.17, 15) is 0 Å². The molecule has 7 nitrogen and oxygen atoms in total. The number of hydrogen-bond acceptors (Lipinski definition) is 6. The van der Waals surface area contributed by atoms with Crippen LogP contribution in [0.4, 0.5) is 11.5 Å². The minimum Gasteiger partial charge on any atom is -0.393 e. The lowest BCUT2D eigenvalue weighted by molar-refractivity contribution is -0.0593. The van der Waals surface area contributed by atoms with E-state index in [4.69, 9.17) is 10.5 Å². The number of fused-ring (bicyclic) bond motifs is 2. The number of ether oxygens (including phenoxy) is 1. The van der Waals surface area contributed by atoms with Gasteiger partial charge in [0.05, 0.1) is 13.2 Å². The summed E-state index contributed by atoms with van der Waals surface area (Å²) < 4.78 is 7.97. The van der Waals surface area contributed by atoms with Crippen LogP contribution in [0.2, 0.25) is 0 Å². The number of rotatable bonds is 2. The van der Waals surface area contributed by atoms with Crippen molar-refractivity contribution in [2.45, 2.75) is 18.4 Å². The molecule has 3 aromatic rings. The molecule has 26 heavy (non-hydrogen) atoms. The highest BCUT2D eigenvalue weighted by Gasteiger charge is 2.44. The van der Waals surface area contributed by atoms with Gasteiger partial charge in [0.25, 0.3) is 0 Å². The van der Waals surface area contributed by atoms with Crippen molar-refractivity contribution >= 4 is 11.5 Å². The van der Waals surface area contributed by atoms with Crippen LogP contribution in [-0.4, -0.2) is 39.4 Å². The van der Waals surface area contributed by atoms with Crippen molar-refractivity contribution in [3.05, 3.63) is 60.2 Å². The molecule has 1 atom stereocenters. The minimum absolute atomic E-state index is 0.280. The molecule has 0 radical (unpaired) electrons. The second kappa shape index (κ2) is 5.81. The van der Waals surface area contributed by atoms with Crippen molar-refractivity contribution in [3.63, 3.8) is 0 Å². The molecule has 0 saturated carbocycles. The molecule has 1 aliphatic carbocycles. The van der Waals surface area contributed by atoms with Crippen LogP contribution in [0.3, 0.4) is 0 Å². The highest BCUT2D eigenvalue weighted by atomic mass is 16.5. The summed E-state index contributed by atoms with van der Waals surface area (Å²) >= 11 is 0. The molecule has 5 rings (SSSR count). The Morgan fingerprint density at radius 3 is 2.88 bits per heavy atom. The molecule has 1 unspecified atom stereocenters. The fourth-order valence-corrected chi connectivity index (χ4v) is 4.14. The van der Waals surface area contributed by atoms with Crippen LogP contribution in [0.25, 0.3) is 5.82 Å². The van der Waals surface area contributed by atoms with E-state index in [2.05, 4.69) is 44.2 Å². The number of hydrogen-bond donors (Lipinski definition) is 1. The van der Waals surface area contributed by atoms with E-state index >= 15 is 0 Å². The first-order valence-electron chi connectivity index (χ1n) is 8.85. The molecular formula is C19H20N6O. The number of aromatic nitrogens is 4. The van der Waals surface area contributed by atoms with Crippen molar-refractivity contribution in [3.8, 4) is 5.82 Å². The molecule has 2 N–H and O–H groups in total. The third-order valence-corrected chi connectivity index (χ3v) is 5.36. The van der Waals surface area contributed by atoms with Gasteiger partial charge in [0.2, 0.25) is 0 Å². The SMILES string of the molecule is Nc1c(N2CCOC3(CCc4ccccc43)C2)ncnc1-n1cccn1. The molecule has 0 bridgehead atoms. The lowest BCUT2D eigenvalue weighted by atomic mass is 9.93. The molecule has 1 aliphatic heterocycles. The van der Waals surface area contributed by atoms with Gasteiger partial charge in [-0.15, -0.1) is 0 Å². The minimum atomic E-state index is -0.280. The zero-order valence-electron chi connectivity index (χ0n) is 14.4. The van der Waals surface area contributed by atoms with Gasteiger partial charge in [0.1, 0.15) is 17.6 Å². The Balaban J connectivity index is 1.52. The first kappa shape index (κ1) is 15.3. The van der Waals surface area contributed by atoms with Crippen LogP contribution < -0.4 is 10.6 Å². The largest absolute Gasteiger partial charge is 0.393 e. The summed E-state index contributed by atoms with van der Waals surface area (Å²) in [6.07, 6.45) is 7.12. The molecule has 132 valence electrons. The summed E-state index contributed by atoms with van der Waals surface area (Å²) in [5.74, 6) is 1.35. The number of aryl methyl sites for hydroxylation is 1. The van der Waals surface area contributed by atoms with Crippen LogP contribution in [-0.2, 0) is 16.8 Å². The number of nitrogens with two attached hydrogens (primary N) is 1. The van der Waals surface area contributed by atoms with Crippen molar-refractivity contribution in [1.29, 1.82) is 0 Å². The average molecular weight is 348 g/mol. The number of nitrogen functional groups attached to an aromatic ring is 1. The van der Waals surface area contributed by atoms with Gasteiger partial charge in [-0.05, 0) is 30.0 Å². The van der Waals surface area contributed by atoms with Gasteiger partial charge in [-0.25, -0.2) is 14.6 Å². The van der Waals surface area contributed by atoms with E-state index in [0.29, 0.717) is 18.1 Å². The van der Waals surface area contributed by atoms with Crippen molar-refractivity contribution in [1.82, 2.24) is 19.7 Å². The van der Waals surface area contributed by atoms with Crippen molar-refractivity contribution in [2.75, 3.05) is 30.3 Å². The maximum atomic E-state index is 6.42. The van der Waals surface area contributed by atoms with Gasteiger partial charge in [0, 0.05) is 18.9 Å². The van der Waals surface area contributed by atoms with Crippen molar-refractivity contribution in [2.24, 2.45) is 0 Å². The molecular weight excluding hydrogens is 328 g/mol. The van der Waals surface area contributed by atoms with Gasteiger partial charge in [0.15, 0.2) is 11.6 Å². The standard InChI is InChI=1S/C19H20N6O/c20-16-17(21-13-22-18(16)25-9-3-8-23-25)24-10-11-26-19(12-24)7-6-14-4-1-2-5-15(14)19/h1-5,8-9,13H,6-7,10-12,20H2. The van der Waals surface area contributed by atoms with E-state index in [0.717, 1.165) is 31.7 Å². The Morgan fingerprint density at radius 1 is 1.12 bits per heavy atom. The first-order chi connectivity index (χ1) is 12.8. The summed E-state index contributed by atoms with van der Waals surface area (Å²) in [6, 6.07) is 10.4. The van der Waals surface area contributed by atoms with Crippen LogP contribution in [0.5, 0.6) is 0 Å². The van der Waals surface area contributed by atoms with Gasteiger partial charge >= 0.3 is 0 Å². The zero-order chi connectivity index (χ0) is 17.6. The zero-order valence-corrected chi connectivity index (χ0v) is 14.4. The monoisotopic (exact) mass is 348 g/mol. The highest BCUT2D eigenvalue weighted by molar-refractivity contribution is 5.70. The fraction of sp³-hybridized carbons (Fsp3) is 0.316. The molecule has 3 heterocycles. The van der Waals surface area contributed by atoms with Crippen molar-refractivity contribution < 1.29 is 4.74 Å². The Hall–Kier alpha value is -2.93. The van der Waals surface area contributed by atoms with Crippen LogP contribution in [0.1, 0.15) is 17.5 Å². The van der Waals surface area contributed by atoms with Crippen LogP contribution in [0, 0.1) is 0 Å². The predicted octanol–water partition coefficient (Wildman–Crippen LogP) is 1.92. The molecule has 0 amide bonds. The average Bonchev–Trinajstić information content (AvgIpc) is 3.32. The molecule has 2 aliphatic rings. The lowest BCUT2D eigenvalue weighted by Crippen LogP contribution is -2.49. The predicted molar refractivity (Wildman–Crippen MR) is 98.2 cm³/mol. The normalized spacial score (nSPS) is 21.9. The number of anilines is 2. The van der Waals surface area contributed by atoms with Crippen LogP contribution >= 0.6 is 0 Å². The number of benzene rings is 1. The number of nitrogens with zero attached hydrogens (tertiary/aromatic N) is 5. The van der Waals surface area contributed by atoms with E-state index in [1.165, 1.54) is 11.1 Å². The van der Waals surface area contributed by atoms with E-state index in [-0.39, 0.29) is 5.60 Å².